The number of carbonyl (C=O) groups is 2. The average molecular weight is 454 g/mol. The van der Waals surface area contributed by atoms with Gasteiger partial charge in [-0.25, -0.2) is 4.39 Å². The number of amides is 1. The predicted octanol–water partition coefficient (Wildman–Crippen LogP) is 4.01. The van der Waals surface area contributed by atoms with Gasteiger partial charge in [0.15, 0.2) is 12.1 Å². The molecular formula is C26H32FN3O3. The number of ketones is 1. The van der Waals surface area contributed by atoms with Gasteiger partial charge in [-0.3, -0.25) is 15.0 Å². The Labute approximate surface area is 194 Å². The zero-order valence-corrected chi connectivity index (χ0v) is 19.6. The van der Waals surface area contributed by atoms with Crippen molar-refractivity contribution in [2.24, 2.45) is 5.92 Å². The van der Waals surface area contributed by atoms with Crippen LogP contribution in [0.25, 0.3) is 0 Å². The first-order chi connectivity index (χ1) is 15.7. The van der Waals surface area contributed by atoms with Crippen LogP contribution in [0.3, 0.4) is 0 Å². The van der Waals surface area contributed by atoms with Gasteiger partial charge in [-0.2, -0.15) is 0 Å². The number of Topliss-reactive ketones (excluding diaryl/α,β-unsaturated/α-hetero) is 1. The fourth-order valence-corrected chi connectivity index (χ4v) is 3.17. The maximum absolute atomic E-state index is 13.5. The SMILES string of the molecule is CCC(F)OC1C=CC(CN/C=C2\C(=N)C=C=CC=C2C(=O)NC/C=C(\C)C(C)=O)=CC1C. The van der Waals surface area contributed by atoms with Gasteiger partial charge in [-0.1, -0.05) is 38.2 Å². The molecular weight excluding hydrogens is 421 g/mol. The highest BCUT2D eigenvalue weighted by atomic mass is 19.1. The van der Waals surface area contributed by atoms with E-state index in [1.165, 1.54) is 13.0 Å². The summed E-state index contributed by atoms with van der Waals surface area (Å²) in [5.74, 6) is -0.374. The smallest absolute Gasteiger partial charge is 0.252 e. The number of nitrogens with one attached hydrogen (secondary N) is 3. The van der Waals surface area contributed by atoms with E-state index in [1.54, 1.807) is 38.3 Å². The summed E-state index contributed by atoms with van der Waals surface area (Å²) in [5.41, 5.74) is 5.33. The number of hydrogen-bond donors (Lipinski definition) is 3. The van der Waals surface area contributed by atoms with Crippen molar-refractivity contribution >= 4 is 17.4 Å². The maximum atomic E-state index is 13.5. The highest BCUT2D eigenvalue weighted by molar-refractivity contribution is 6.17. The molecule has 33 heavy (non-hydrogen) atoms. The molecule has 1 amide bonds. The highest BCUT2D eigenvalue weighted by Crippen LogP contribution is 2.22. The Bertz CT molecular complexity index is 994. The van der Waals surface area contributed by atoms with Crippen molar-refractivity contribution in [1.29, 1.82) is 5.41 Å². The molecule has 0 bridgehead atoms. The second kappa shape index (κ2) is 12.7. The average Bonchev–Trinajstić information content (AvgIpc) is 2.96. The summed E-state index contributed by atoms with van der Waals surface area (Å²) in [6.45, 7) is 7.57. The Morgan fingerprint density at radius 3 is 2.79 bits per heavy atom. The Balaban J connectivity index is 2.04. The van der Waals surface area contributed by atoms with Crippen LogP contribution in [0.2, 0.25) is 0 Å². The third kappa shape index (κ3) is 7.97. The van der Waals surface area contributed by atoms with Crippen molar-refractivity contribution in [2.75, 3.05) is 13.1 Å². The van der Waals surface area contributed by atoms with Gasteiger partial charge in [0.25, 0.3) is 5.91 Å². The first-order valence-corrected chi connectivity index (χ1v) is 11.0. The summed E-state index contributed by atoms with van der Waals surface area (Å²) < 4.78 is 18.9. The minimum atomic E-state index is -1.28. The number of rotatable bonds is 10. The minimum Gasteiger partial charge on any atom is -0.386 e. The standard InChI is InChI=1S/C26H32FN3O3/c1-5-25(27)33-24-11-10-20(14-18(24)3)15-29-16-22-21(8-6-7-9-23(22)28)26(32)30-13-12-17(2)19(4)31/h6,8-12,14,16,18,24-25,28-29H,5,13,15H2,1-4H3,(H,30,32)/b17-12+,22-16-,28-23?. The molecule has 6 nitrogen and oxygen atoms in total. The van der Waals surface area contributed by atoms with Crippen LogP contribution < -0.4 is 10.6 Å². The lowest BCUT2D eigenvalue weighted by Crippen LogP contribution is -2.28. The number of alkyl halides is 1. The molecule has 0 radical (unpaired) electrons. The van der Waals surface area contributed by atoms with Crippen LogP contribution in [0.4, 0.5) is 4.39 Å². The van der Waals surface area contributed by atoms with E-state index in [-0.39, 0.29) is 36.0 Å². The number of allylic oxidation sites excluding steroid dienone is 3. The predicted molar refractivity (Wildman–Crippen MR) is 128 cm³/mol. The highest BCUT2D eigenvalue weighted by Gasteiger charge is 2.21. The first kappa shape index (κ1) is 26.0. The Kier molecular flexibility index (Phi) is 9.98. The number of carbonyl (C=O) groups excluding carboxylic acids is 2. The summed E-state index contributed by atoms with van der Waals surface area (Å²) in [6.07, 6.45) is 12.5. The summed E-state index contributed by atoms with van der Waals surface area (Å²) in [5, 5.41) is 14.2. The van der Waals surface area contributed by atoms with E-state index < -0.39 is 6.36 Å². The second-order valence-electron chi connectivity index (χ2n) is 7.94. The summed E-state index contributed by atoms with van der Waals surface area (Å²) in [4.78, 5) is 24.0. The van der Waals surface area contributed by atoms with Crippen molar-refractivity contribution in [3.63, 3.8) is 0 Å². The molecule has 0 aliphatic heterocycles. The van der Waals surface area contributed by atoms with Crippen LogP contribution in [0, 0.1) is 11.3 Å². The van der Waals surface area contributed by atoms with Crippen molar-refractivity contribution in [3.05, 3.63) is 76.8 Å². The van der Waals surface area contributed by atoms with Crippen molar-refractivity contribution < 1.29 is 18.7 Å². The number of halogens is 1. The molecule has 0 heterocycles. The normalized spacial score (nSPS) is 22.5. The van der Waals surface area contributed by atoms with Crippen molar-refractivity contribution in [2.45, 2.75) is 46.6 Å². The van der Waals surface area contributed by atoms with Gasteiger partial charge in [0.05, 0.1) is 17.4 Å². The van der Waals surface area contributed by atoms with Crippen LogP contribution in [0.5, 0.6) is 0 Å². The van der Waals surface area contributed by atoms with Gasteiger partial charge in [-0.05, 0) is 37.1 Å². The van der Waals surface area contributed by atoms with Crippen molar-refractivity contribution in [3.8, 4) is 0 Å². The van der Waals surface area contributed by atoms with Crippen molar-refractivity contribution in [1.82, 2.24) is 10.6 Å². The van der Waals surface area contributed by atoms with Gasteiger partial charge in [0, 0.05) is 43.3 Å². The van der Waals surface area contributed by atoms with E-state index in [9.17, 15) is 14.0 Å². The van der Waals surface area contributed by atoms with E-state index in [2.05, 4.69) is 16.4 Å². The maximum Gasteiger partial charge on any atom is 0.252 e. The number of hydrogen-bond acceptors (Lipinski definition) is 5. The second-order valence-corrected chi connectivity index (χ2v) is 7.94. The molecule has 2 aliphatic carbocycles. The van der Waals surface area contributed by atoms with Crippen LogP contribution in [0.15, 0.2) is 76.8 Å². The van der Waals surface area contributed by atoms with E-state index in [0.29, 0.717) is 29.7 Å². The molecule has 0 saturated heterocycles. The summed E-state index contributed by atoms with van der Waals surface area (Å²) in [7, 11) is 0. The summed E-state index contributed by atoms with van der Waals surface area (Å²) in [6, 6.07) is 0. The fraction of sp³-hybridized carbons (Fsp3) is 0.385. The Morgan fingerprint density at radius 2 is 2.12 bits per heavy atom. The molecule has 3 unspecified atom stereocenters. The fourth-order valence-electron chi connectivity index (χ4n) is 3.17. The summed E-state index contributed by atoms with van der Waals surface area (Å²) >= 11 is 0. The molecule has 3 atom stereocenters. The lowest BCUT2D eigenvalue weighted by atomic mass is 9.95. The molecule has 0 aromatic rings. The molecule has 0 aromatic heterocycles. The largest absolute Gasteiger partial charge is 0.386 e. The third-order valence-corrected chi connectivity index (χ3v) is 5.30. The molecule has 2 aliphatic rings. The zero-order chi connectivity index (χ0) is 24.4. The Morgan fingerprint density at radius 1 is 1.36 bits per heavy atom. The lowest BCUT2D eigenvalue weighted by molar-refractivity contribution is -0.117. The molecule has 0 fully saturated rings. The van der Waals surface area contributed by atoms with E-state index in [0.717, 1.165) is 5.57 Å². The lowest BCUT2D eigenvalue weighted by Gasteiger charge is -2.24. The molecule has 3 N–H and O–H groups in total. The monoisotopic (exact) mass is 453 g/mol. The molecule has 0 spiro atoms. The third-order valence-electron chi connectivity index (χ3n) is 5.30. The number of ether oxygens (including phenoxy) is 1. The van der Waals surface area contributed by atoms with Gasteiger partial charge >= 0.3 is 0 Å². The van der Waals surface area contributed by atoms with Crippen LogP contribution in [-0.2, 0) is 14.3 Å². The van der Waals surface area contributed by atoms with Crippen LogP contribution in [-0.4, -0.2) is 43.0 Å². The zero-order valence-electron chi connectivity index (χ0n) is 19.6. The van der Waals surface area contributed by atoms with E-state index in [1.807, 2.05) is 25.2 Å². The molecule has 176 valence electrons. The van der Waals surface area contributed by atoms with Gasteiger partial charge in [0.2, 0.25) is 0 Å². The van der Waals surface area contributed by atoms with Gasteiger partial charge in [0.1, 0.15) is 0 Å². The van der Waals surface area contributed by atoms with Gasteiger partial charge in [-0.15, -0.1) is 5.73 Å². The quantitative estimate of drug-likeness (QED) is 0.344. The topological polar surface area (TPSA) is 91.3 Å². The van der Waals surface area contributed by atoms with Crippen LogP contribution in [0.1, 0.15) is 34.1 Å². The molecule has 0 saturated carbocycles. The van der Waals surface area contributed by atoms with E-state index in [4.69, 9.17) is 10.1 Å². The molecule has 2 rings (SSSR count). The first-order valence-electron chi connectivity index (χ1n) is 11.0. The van der Waals surface area contributed by atoms with Gasteiger partial charge < -0.3 is 15.4 Å². The minimum absolute atomic E-state index is 0.0281. The van der Waals surface area contributed by atoms with E-state index >= 15 is 0 Å². The Hall–Kier alpha value is -3.28. The molecule has 0 aromatic carbocycles. The van der Waals surface area contributed by atoms with Crippen LogP contribution >= 0.6 is 0 Å². The molecule has 7 heteroatoms.